The van der Waals surface area contributed by atoms with Crippen molar-refractivity contribution in [3.8, 4) is 5.75 Å². The Morgan fingerprint density at radius 3 is 2.13 bits per heavy atom. The van der Waals surface area contributed by atoms with E-state index in [4.69, 9.17) is 23.7 Å². The molecule has 1 aromatic carbocycles. The third kappa shape index (κ3) is 6.55. The van der Waals surface area contributed by atoms with Crippen LogP contribution in [-0.4, -0.2) is 68.3 Å². The van der Waals surface area contributed by atoms with Crippen molar-refractivity contribution >= 4 is 24.1 Å². The van der Waals surface area contributed by atoms with Crippen molar-refractivity contribution in [1.29, 1.82) is 0 Å². The summed E-state index contributed by atoms with van der Waals surface area (Å²) in [4.78, 5) is 39.2. The van der Waals surface area contributed by atoms with Gasteiger partial charge in [0, 0.05) is 27.0 Å². The molecule has 1 aromatic rings. The molecule has 164 valence electrons. The van der Waals surface area contributed by atoms with Gasteiger partial charge in [0.05, 0.1) is 13.2 Å². The number of ether oxygens (including phenoxy) is 5. The van der Waals surface area contributed by atoms with Crippen molar-refractivity contribution < 1.29 is 38.1 Å². The third-order valence-corrected chi connectivity index (χ3v) is 4.46. The van der Waals surface area contributed by atoms with Crippen LogP contribution in [0.3, 0.4) is 0 Å². The van der Waals surface area contributed by atoms with Crippen LogP contribution in [0.2, 0.25) is 0 Å². The second kappa shape index (κ2) is 10.7. The number of hydrogen-bond acceptors (Lipinski definition) is 9. The molecule has 0 saturated carbocycles. The Balaban J connectivity index is 2.31. The largest absolute Gasteiger partial charge is 0.497 e. The van der Waals surface area contributed by atoms with E-state index in [1.165, 1.54) is 20.8 Å². The monoisotopic (exact) mass is 421 g/mol. The maximum atomic E-state index is 11.8. The average Bonchev–Trinajstić information content (AvgIpc) is 2.68. The van der Waals surface area contributed by atoms with E-state index >= 15 is 0 Å². The maximum Gasteiger partial charge on any atom is 0.303 e. The number of carbonyl (C=O) groups is 3. The van der Waals surface area contributed by atoms with Crippen LogP contribution in [0.25, 0.3) is 0 Å². The van der Waals surface area contributed by atoms with E-state index in [-0.39, 0.29) is 6.61 Å². The van der Waals surface area contributed by atoms with Crippen LogP contribution in [0.15, 0.2) is 29.3 Å². The maximum absolute atomic E-state index is 11.8. The van der Waals surface area contributed by atoms with Gasteiger partial charge in [0.25, 0.3) is 0 Å². The van der Waals surface area contributed by atoms with Crippen LogP contribution in [0, 0.1) is 0 Å². The van der Waals surface area contributed by atoms with E-state index in [1.54, 1.807) is 32.4 Å². The Labute approximate surface area is 175 Å². The minimum atomic E-state index is -0.986. The molecule has 9 nitrogen and oxygen atoms in total. The van der Waals surface area contributed by atoms with Gasteiger partial charge in [-0.25, -0.2) is 0 Å². The van der Waals surface area contributed by atoms with Crippen LogP contribution in [-0.2, 0) is 33.3 Å². The molecule has 1 heterocycles. The van der Waals surface area contributed by atoms with Gasteiger partial charge in [0.1, 0.15) is 24.5 Å². The molecule has 0 spiro atoms. The quantitative estimate of drug-likeness (QED) is 0.372. The standard InChI is InChI=1S/C21H27NO8/c1-12-19(22-10-16-6-8-17(26-5)9-7-16)21(30-15(4)25)20(29-14(3)24)18(28-12)11-27-13(2)23/h6-10,12,18-21H,11H2,1-5H3/b22-10+. The number of esters is 3. The number of methoxy groups -OCH3 is 1. The van der Waals surface area contributed by atoms with Gasteiger partial charge in [-0.2, -0.15) is 0 Å². The molecule has 1 aliphatic heterocycles. The molecule has 0 bridgehead atoms. The summed E-state index contributed by atoms with van der Waals surface area (Å²) in [5.74, 6) is -0.929. The van der Waals surface area contributed by atoms with Gasteiger partial charge in [-0.15, -0.1) is 0 Å². The summed E-state index contributed by atoms with van der Waals surface area (Å²) in [5, 5.41) is 0. The second-order valence-corrected chi connectivity index (χ2v) is 6.87. The number of nitrogens with zero attached hydrogens (tertiary/aromatic N) is 1. The first-order valence-electron chi connectivity index (χ1n) is 9.51. The van der Waals surface area contributed by atoms with E-state index in [0.29, 0.717) is 5.75 Å². The molecular weight excluding hydrogens is 394 g/mol. The molecule has 0 amide bonds. The van der Waals surface area contributed by atoms with Crippen molar-refractivity contribution in [2.75, 3.05) is 13.7 Å². The Bertz CT molecular complexity index is 776. The molecule has 0 aromatic heterocycles. The van der Waals surface area contributed by atoms with E-state index in [9.17, 15) is 14.4 Å². The van der Waals surface area contributed by atoms with Crippen LogP contribution in [0.1, 0.15) is 33.3 Å². The van der Waals surface area contributed by atoms with Gasteiger partial charge in [-0.1, -0.05) is 0 Å². The Kier molecular flexibility index (Phi) is 8.35. The Morgan fingerprint density at radius 2 is 1.60 bits per heavy atom. The molecule has 0 aliphatic carbocycles. The van der Waals surface area contributed by atoms with Gasteiger partial charge in [-0.3, -0.25) is 19.4 Å². The Hall–Kier alpha value is -2.94. The smallest absolute Gasteiger partial charge is 0.303 e. The predicted molar refractivity (Wildman–Crippen MR) is 106 cm³/mol. The first-order valence-corrected chi connectivity index (χ1v) is 9.51. The fourth-order valence-electron chi connectivity index (χ4n) is 3.17. The molecule has 0 radical (unpaired) electrons. The van der Waals surface area contributed by atoms with Gasteiger partial charge in [0.15, 0.2) is 12.2 Å². The molecule has 0 N–H and O–H groups in total. The first-order chi connectivity index (χ1) is 14.2. The lowest BCUT2D eigenvalue weighted by Gasteiger charge is -2.42. The van der Waals surface area contributed by atoms with E-state index in [2.05, 4.69) is 4.99 Å². The topological polar surface area (TPSA) is 110 Å². The highest BCUT2D eigenvalue weighted by Gasteiger charge is 2.48. The zero-order chi connectivity index (χ0) is 22.3. The molecule has 9 heteroatoms. The lowest BCUT2D eigenvalue weighted by atomic mass is 9.93. The summed E-state index contributed by atoms with van der Waals surface area (Å²) < 4.78 is 27.0. The zero-order valence-electron chi connectivity index (χ0n) is 17.7. The molecule has 1 saturated heterocycles. The zero-order valence-corrected chi connectivity index (χ0v) is 17.7. The molecule has 2 rings (SSSR count). The summed E-state index contributed by atoms with van der Waals surface area (Å²) >= 11 is 0. The predicted octanol–water partition coefficient (Wildman–Crippen LogP) is 1.70. The van der Waals surface area contributed by atoms with Crippen molar-refractivity contribution in [2.45, 2.75) is 58.2 Å². The van der Waals surface area contributed by atoms with E-state index in [0.717, 1.165) is 5.56 Å². The van der Waals surface area contributed by atoms with Crippen molar-refractivity contribution in [3.05, 3.63) is 29.8 Å². The second-order valence-electron chi connectivity index (χ2n) is 6.87. The molecular formula is C21H27NO8. The number of benzene rings is 1. The van der Waals surface area contributed by atoms with Crippen molar-refractivity contribution in [1.82, 2.24) is 0 Å². The van der Waals surface area contributed by atoms with E-state index < -0.39 is 48.4 Å². The summed E-state index contributed by atoms with van der Waals surface area (Å²) in [6.07, 6.45) is -1.58. The Morgan fingerprint density at radius 1 is 1.00 bits per heavy atom. The number of carbonyl (C=O) groups excluding carboxylic acids is 3. The molecule has 1 aliphatic rings. The van der Waals surface area contributed by atoms with Gasteiger partial charge in [-0.05, 0) is 36.8 Å². The highest BCUT2D eigenvalue weighted by molar-refractivity contribution is 5.80. The number of rotatable bonds is 7. The fraction of sp³-hybridized carbons (Fsp3) is 0.524. The van der Waals surface area contributed by atoms with Crippen LogP contribution < -0.4 is 4.74 Å². The fourth-order valence-corrected chi connectivity index (χ4v) is 3.17. The molecule has 5 atom stereocenters. The molecule has 30 heavy (non-hydrogen) atoms. The minimum absolute atomic E-state index is 0.149. The lowest BCUT2D eigenvalue weighted by Crippen LogP contribution is -2.60. The minimum Gasteiger partial charge on any atom is -0.497 e. The van der Waals surface area contributed by atoms with Crippen LogP contribution in [0.4, 0.5) is 0 Å². The number of hydrogen-bond donors (Lipinski definition) is 0. The highest BCUT2D eigenvalue weighted by atomic mass is 16.6. The van der Waals surface area contributed by atoms with Gasteiger partial charge in [0.2, 0.25) is 0 Å². The average molecular weight is 421 g/mol. The highest BCUT2D eigenvalue weighted by Crippen LogP contribution is 2.29. The summed E-state index contributed by atoms with van der Waals surface area (Å²) in [6.45, 7) is 5.37. The third-order valence-electron chi connectivity index (χ3n) is 4.46. The van der Waals surface area contributed by atoms with Crippen molar-refractivity contribution in [2.24, 2.45) is 4.99 Å². The van der Waals surface area contributed by atoms with Crippen LogP contribution in [0.5, 0.6) is 5.75 Å². The van der Waals surface area contributed by atoms with Gasteiger partial charge >= 0.3 is 17.9 Å². The van der Waals surface area contributed by atoms with Crippen LogP contribution >= 0.6 is 0 Å². The SMILES string of the molecule is COc1ccc(/C=N/C2C(C)OC(COC(C)=O)C(OC(C)=O)C2OC(C)=O)cc1. The van der Waals surface area contributed by atoms with Gasteiger partial charge < -0.3 is 23.7 Å². The number of aliphatic imine (C=N–C) groups is 1. The lowest BCUT2D eigenvalue weighted by molar-refractivity contribution is -0.217. The van der Waals surface area contributed by atoms with E-state index in [1.807, 2.05) is 12.1 Å². The normalized spacial score (nSPS) is 26.1. The van der Waals surface area contributed by atoms with Crippen molar-refractivity contribution in [3.63, 3.8) is 0 Å². The summed E-state index contributed by atoms with van der Waals surface area (Å²) in [5.41, 5.74) is 0.802. The summed E-state index contributed by atoms with van der Waals surface area (Å²) in [7, 11) is 1.58. The summed E-state index contributed by atoms with van der Waals surface area (Å²) in [6, 6.07) is 6.59. The first kappa shape index (κ1) is 23.3. The molecule has 1 fully saturated rings. The molecule has 5 unspecified atom stereocenters.